The quantitative estimate of drug-likeness (QED) is 0.477. The van der Waals surface area contributed by atoms with E-state index in [0.29, 0.717) is 23.4 Å². The lowest BCUT2D eigenvalue weighted by Crippen LogP contribution is -2.36. The van der Waals surface area contributed by atoms with Gasteiger partial charge >= 0.3 is 5.63 Å². The van der Waals surface area contributed by atoms with Gasteiger partial charge in [0.25, 0.3) is 5.91 Å². The summed E-state index contributed by atoms with van der Waals surface area (Å²) in [5.74, 6) is 0.228. The van der Waals surface area contributed by atoms with E-state index >= 15 is 0 Å². The summed E-state index contributed by atoms with van der Waals surface area (Å²) in [6, 6.07) is 20.3. The zero-order chi connectivity index (χ0) is 21.8. The van der Waals surface area contributed by atoms with E-state index in [4.69, 9.17) is 9.15 Å². The van der Waals surface area contributed by atoms with Crippen molar-refractivity contribution in [2.75, 3.05) is 0 Å². The summed E-state index contributed by atoms with van der Waals surface area (Å²) < 4.78 is 11.4. The van der Waals surface area contributed by atoms with E-state index in [-0.39, 0.29) is 5.91 Å². The number of benzene rings is 2. The van der Waals surface area contributed by atoms with Crippen LogP contribution in [0.1, 0.15) is 18.2 Å². The van der Waals surface area contributed by atoms with Crippen molar-refractivity contribution >= 4 is 16.9 Å². The predicted octanol–water partition coefficient (Wildman–Crippen LogP) is 4.25. The number of carbonyl (C=O) groups excluding carboxylic acids is 1. The number of nitrogens with one attached hydrogen (secondary N) is 1. The minimum absolute atomic E-state index is 0.260. The highest BCUT2D eigenvalue weighted by atomic mass is 16.5. The van der Waals surface area contributed by atoms with Gasteiger partial charge in [-0.15, -0.1) is 0 Å². The van der Waals surface area contributed by atoms with Crippen molar-refractivity contribution in [3.63, 3.8) is 0 Å². The third kappa shape index (κ3) is 4.48. The normalized spacial score (nSPS) is 11.8. The average Bonchev–Trinajstić information content (AvgIpc) is 2.80. The zero-order valence-electron chi connectivity index (χ0n) is 17.3. The Balaban J connectivity index is 1.58. The first-order valence-corrected chi connectivity index (χ1v) is 10.00. The number of carbonyl (C=O) groups is 1. The van der Waals surface area contributed by atoms with E-state index in [2.05, 4.69) is 10.3 Å². The smallest absolute Gasteiger partial charge is 0.336 e. The number of pyridine rings is 1. The Morgan fingerprint density at radius 3 is 2.61 bits per heavy atom. The first-order chi connectivity index (χ1) is 15.0. The number of fused-ring (bicyclic) bond motifs is 1. The van der Waals surface area contributed by atoms with E-state index < -0.39 is 11.7 Å². The molecule has 0 saturated carbocycles. The Bertz CT molecular complexity index is 1270. The van der Waals surface area contributed by atoms with Gasteiger partial charge in [-0.3, -0.25) is 9.78 Å². The lowest BCUT2D eigenvalue weighted by Gasteiger charge is -2.17. The maximum Gasteiger partial charge on any atom is 0.336 e. The van der Waals surface area contributed by atoms with Crippen LogP contribution in [0.5, 0.6) is 5.75 Å². The number of nitrogens with zero attached hydrogens (tertiary/aromatic N) is 1. The van der Waals surface area contributed by atoms with Crippen LogP contribution in [-0.4, -0.2) is 17.0 Å². The fourth-order valence-electron chi connectivity index (χ4n) is 3.40. The summed E-state index contributed by atoms with van der Waals surface area (Å²) >= 11 is 0. The number of hydrogen-bond donors (Lipinski definition) is 1. The molecule has 6 heteroatoms. The van der Waals surface area contributed by atoms with Crippen LogP contribution in [0, 0.1) is 6.92 Å². The van der Waals surface area contributed by atoms with E-state index in [1.54, 1.807) is 19.2 Å². The Morgan fingerprint density at radius 1 is 1.10 bits per heavy atom. The average molecular weight is 414 g/mol. The van der Waals surface area contributed by atoms with Gasteiger partial charge < -0.3 is 14.5 Å². The van der Waals surface area contributed by atoms with Crippen LogP contribution in [0.4, 0.5) is 0 Å². The van der Waals surface area contributed by atoms with Crippen molar-refractivity contribution in [1.29, 1.82) is 0 Å². The largest absolute Gasteiger partial charge is 0.480 e. The van der Waals surface area contributed by atoms with Gasteiger partial charge in [-0.1, -0.05) is 36.4 Å². The van der Waals surface area contributed by atoms with Crippen LogP contribution in [-0.2, 0) is 11.3 Å². The van der Waals surface area contributed by atoms with Crippen LogP contribution in [0.25, 0.3) is 22.1 Å². The molecule has 0 aliphatic heterocycles. The van der Waals surface area contributed by atoms with Gasteiger partial charge in [0.1, 0.15) is 11.3 Å². The van der Waals surface area contributed by atoms with Crippen molar-refractivity contribution in [3.05, 3.63) is 94.6 Å². The van der Waals surface area contributed by atoms with Gasteiger partial charge in [0.15, 0.2) is 6.10 Å². The highest BCUT2D eigenvalue weighted by Gasteiger charge is 2.18. The summed E-state index contributed by atoms with van der Waals surface area (Å²) in [5.41, 5.74) is 3.16. The fourth-order valence-corrected chi connectivity index (χ4v) is 3.40. The Kier molecular flexibility index (Phi) is 5.80. The van der Waals surface area contributed by atoms with Crippen LogP contribution in [0.3, 0.4) is 0 Å². The molecule has 1 N–H and O–H groups in total. The third-order valence-corrected chi connectivity index (χ3v) is 5.04. The maximum atomic E-state index is 12.5. The van der Waals surface area contributed by atoms with Crippen LogP contribution in [0.2, 0.25) is 0 Å². The lowest BCUT2D eigenvalue weighted by atomic mass is 10.00. The molecule has 31 heavy (non-hydrogen) atoms. The van der Waals surface area contributed by atoms with Crippen molar-refractivity contribution in [2.45, 2.75) is 26.5 Å². The Morgan fingerprint density at radius 2 is 1.87 bits per heavy atom. The lowest BCUT2D eigenvalue weighted by molar-refractivity contribution is -0.127. The van der Waals surface area contributed by atoms with Gasteiger partial charge in [-0.25, -0.2) is 4.79 Å². The van der Waals surface area contributed by atoms with Crippen LogP contribution in [0.15, 0.2) is 82.1 Å². The van der Waals surface area contributed by atoms with Crippen molar-refractivity contribution in [3.8, 4) is 16.9 Å². The number of ether oxygens (including phenoxy) is 1. The third-order valence-electron chi connectivity index (χ3n) is 5.04. The van der Waals surface area contributed by atoms with Gasteiger partial charge in [0, 0.05) is 23.2 Å². The molecule has 1 atom stereocenters. The minimum Gasteiger partial charge on any atom is -0.480 e. The molecule has 0 aliphatic carbocycles. The standard InChI is InChI=1S/C25H22N2O4/c1-16-22(30-17(2)25(29)27-15-19-10-6-7-13-26-19)12-11-20-21(14-23(28)31-24(16)20)18-8-4-3-5-9-18/h3-14,17H,15H2,1-2H3,(H,27,29). The van der Waals surface area contributed by atoms with E-state index in [0.717, 1.165) is 22.2 Å². The van der Waals surface area contributed by atoms with Crippen molar-refractivity contribution < 1.29 is 13.9 Å². The molecule has 1 unspecified atom stereocenters. The molecule has 0 radical (unpaired) electrons. The highest BCUT2D eigenvalue weighted by Crippen LogP contribution is 2.33. The topological polar surface area (TPSA) is 81.4 Å². The second-order valence-corrected chi connectivity index (χ2v) is 7.21. The van der Waals surface area contributed by atoms with Crippen molar-refractivity contribution in [2.24, 2.45) is 0 Å². The fraction of sp³-hybridized carbons (Fsp3) is 0.160. The van der Waals surface area contributed by atoms with Gasteiger partial charge in [0.05, 0.1) is 12.2 Å². The molecule has 0 fully saturated rings. The SMILES string of the molecule is Cc1c(OC(C)C(=O)NCc2ccccn2)ccc2c(-c3ccccc3)cc(=O)oc12. The summed E-state index contributed by atoms with van der Waals surface area (Å²) in [5, 5.41) is 3.62. The van der Waals surface area contributed by atoms with Crippen molar-refractivity contribution in [1.82, 2.24) is 10.3 Å². The molecule has 4 rings (SSSR count). The molecule has 156 valence electrons. The molecule has 2 aromatic carbocycles. The van der Waals surface area contributed by atoms with Crippen LogP contribution < -0.4 is 15.7 Å². The zero-order valence-corrected chi connectivity index (χ0v) is 17.3. The van der Waals surface area contributed by atoms with Gasteiger partial charge in [-0.2, -0.15) is 0 Å². The summed E-state index contributed by atoms with van der Waals surface area (Å²) in [4.78, 5) is 28.9. The summed E-state index contributed by atoms with van der Waals surface area (Å²) in [6.45, 7) is 3.81. The highest BCUT2D eigenvalue weighted by molar-refractivity contribution is 5.95. The number of aryl methyl sites for hydroxylation is 1. The first-order valence-electron chi connectivity index (χ1n) is 10.00. The molecule has 2 aromatic heterocycles. The monoisotopic (exact) mass is 414 g/mol. The van der Waals surface area contributed by atoms with E-state index in [9.17, 15) is 9.59 Å². The molecular weight excluding hydrogens is 392 g/mol. The molecule has 0 spiro atoms. The molecular formula is C25H22N2O4. The van der Waals surface area contributed by atoms with Gasteiger partial charge in [0.2, 0.25) is 0 Å². The second kappa shape index (κ2) is 8.83. The number of hydrogen-bond acceptors (Lipinski definition) is 5. The first kappa shape index (κ1) is 20.3. The molecule has 1 amide bonds. The summed E-state index contributed by atoms with van der Waals surface area (Å²) in [6.07, 6.45) is 0.945. The molecule has 0 bridgehead atoms. The molecule has 0 aliphatic rings. The maximum absolute atomic E-state index is 12.5. The van der Waals surface area contributed by atoms with E-state index in [1.165, 1.54) is 6.07 Å². The molecule has 2 heterocycles. The van der Waals surface area contributed by atoms with Gasteiger partial charge in [-0.05, 0) is 49.2 Å². The number of amides is 1. The Labute approximate surface area is 179 Å². The number of rotatable bonds is 6. The Hall–Kier alpha value is -3.93. The van der Waals surface area contributed by atoms with Crippen LogP contribution >= 0.6 is 0 Å². The second-order valence-electron chi connectivity index (χ2n) is 7.21. The minimum atomic E-state index is -0.733. The summed E-state index contributed by atoms with van der Waals surface area (Å²) in [7, 11) is 0. The molecule has 4 aromatic rings. The predicted molar refractivity (Wildman–Crippen MR) is 119 cm³/mol. The molecule has 6 nitrogen and oxygen atoms in total. The molecule has 0 saturated heterocycles. The van der Waals surface area contributed by atoms with E-state index in [1.807, 2.05) is 61.5 Å². The number of aromatic nitrogens is 1.